The number of anilines is 1. The Balaban J connectivity index is 2.21. The number of ether oxygens (including phenoxy) is 2. The summed E-state index contributed by atoms with van der Waals surface area (Å²) in [4.78, 5) is 19.6. The maximum Gasteiger partial charge on any atom is 0.410 e. The predicted molar refractivity (Wildman–Crippen MR) is 119 cm³/mol. The van der Waals surface area contributed by atoms with Crippen LogP contribution in [0.2, 0.25) is 0 Å². The van der Waals surface area contributed by atoms with Gasteiger partial charge in [0.2, 0.25) is 0 Å². The minimum Gasteiger partial charge on any atom is -0.444 e. The van der Waals surface area contributed by atoms with Crippen molar-refractivity contribution >= 4 is 11.9 Å². The second kappa shape index (κ2) is 10.4. The fraction of sp³-hybridized carbons (Fsp3) is 0.727. The maximum atomic E-state index is 14.0. The number of hydrogen-bond acceptors (Lipinski definition) is 7. The van der Waals surface area contributed by atoms with Crippen LogP contribution in [0, 0.1) is 0 Å². The van der Waals surface area contributed by atoms with E-state index >= 15 is 0 Å². The lowest BCUT2D eigenvalue weighted by atomic mass is 10.1. The lowest BCUT2D eigenvalue weighted by molar-refractivity contribution is -0.184. The van der Waals surface area contributed by atoms with Crippen LogP contribution >= 0.6 is 0 Å². The zero-order valence-corrected chi connectivity index (χ0v) is 20.2. The lowest BCUT2D eigenvalue weighted by Gasteiger charge is -2.34. The van der Waals surface area contributed by atoms with Crippen molar-refractivity contribution in [1.82, 2.24) is 14.8 Å². The van der Waals surface area contributed by atoms with Gasteiger partial charge in [0.1, 0.15) is 17.5 Å². The number of nitrogens with one attached hydrogen (secondary N) is 1. The van der Waals surface area contributed by atoms with Crippen molar-refractivity contribution in [2.75, 3.05) is 31.7 Å². The van der Waals surface area contributed by atoms with Gasteiger partial charge in [0.05, 0.1) is 12.2 Å². The molecule has 0 aromatic carbocycles. The molecule has 1 saturated heterocycles. The molecule has 33 heavy (non-hydrogen) atoms. The van der Waals surface area contributed by atoms with Crippen LogP contribution in [0.3, 0.4) is 0 Å². The van der Waals surface area contributed by atoms with E-state index in [1.54, 1.807) is 20.8 Å². The van der Waals surface area contributed by atoms with E-state index < -0.39 is 35.6 Å². The van der Waals surface area contributed by atoms with Crippen LogP contribution in [0.25, 0.3) is 0 Å². The van der Waals surface area contributed by atoms with Gasteiger partial charge in [-0.3, -0.25) is 4.90 Å². The van der Waals surface area contributed by atoms with E-state index in [4.69, 9.17) is 15.3 Å². The molecule has 2 atom stereocenters. The van der Waals surface area contributed by atoms with E-state index in [1.807, 2.05) is 20.8 Å². The number of alkyl halides is 3. The van der Waals surface area contributed by atoms with Crippen molar-refractivity contribution in [1.29, 1.82) is 0 Å². The minimum atomic E-state index is -4.51. The van der Waals surface area contributed by atoms with Crippen molar-refractivity contribution in [3.05, 3.63) is 23.9 Å². The van der Waals surface area contributed by atoms with Crippen molar-refractivity contribution in [3.8, 4) is 0 Å². The standard InChI is InChI=1S/C22H36F3N5O3/c1-20(2,3)32-12-11-30(19(31)33-21(4,5)6)16-9-10-29(14-16)18(22(23,24)25)15-7-8-17(28-26)27-13-15/h7-8,13,16,18H,9-12,14,26H2,1-6H3,(H,27,28)/t16?,18-/m1/s1. The number of likely N-dealkylation sites (tertiary alicyclic amines) is 1. The highest BCUT2D eigenvalue weighted by Crippen LogP contribution is 2.40. The van der Waals surface area contributed by atoms with Crippen molar-refractivity contribution in [3.63, 3.8) is 0 Å². The second-order valence-electron chi connectivity index (χ2n) is 10.1. The number of carbonyl (C=O) groups is 1. The first-order valence-corrected chi connectivity index (χ1v) is 11.0. The maximum absolute atomic E-state index is 14.0. The summed E-state index contributed by atoms with van der Waals surface area (Å²) in [5.74, 6) is 5.54. The highest BCUT2D eigenvalue weighted by Gasteiger charge is 2.48. The lowest BCUT2D eigenvalue weighted by Crippen LogP contribution is -2.47. The van der Waals surface area contributed by atoms with Crippen LogP contribution < -0.4 is 11.3 Å². The summed E-state index contributed by atoms with van der Waals surface area (Å²) in [6, 6.07) is 0.480. The number of carbonyl (C=O) groups excluding carboxylic acids is 1. The number of nitrogens with two attached hydrogens (primary N) is 1. The normalized spacial score (nSPS) is 18.8. The molecule has 1 aliphatic heterocycles. The Kier molecular flexibility index (Phi) is 8.58. The van der Waals surface area contributed by atoms with E-state index in [0.29, 0.717) is 6.42 Å². The van der Waals surface area contributed by atoms with Crippen molar-refractivity contribution in [2.24, 2.45) is 5.84 Å². The molecule has 0 radical (unpaired) electrons. The summed E-state index contributed by atoms with van der Waals surface area (Å²) in [6.45, 7) is 11.6. The molecule has 0 saturated carbocycles. The first-order valence-electron chi connectivity index (χ1n) is 11.0. The van der Waals surface area contributed by atoms with Gasteiger partial charge in [-0.1, -0.05) is 6.07 Å². The average molecular weight is 476 g/mol. The van der Waals surface area contributed by atoms with Crippen LogP contribution in [-0.4, -0.2) is 70.5 Å². The molecule has 0 bridgehead atoms. The molecule has 2 rings (SSSR count). The molecule has 1 aromatic heterocycles. The molecule has 11 heteroatoms. The topological polar surface area (TPSA) is 93.0 Å². The zero-order valence-electron chi connectivity index (χ0n) is 20.2. The minimum absolute atomic E-state index is 0.0158. The number of hydrogen-bond donors (Lipinski definition) is 2. The summed E-state index contributed by atoms with van der Waals surface area (Å²) < 4.78 is 53.4. The van der Waals surface area contributed by atoms with E-state index in [-0.39, 0.29) is 37.6 Å². The molecule has 1 aromatic rings. The van der Waals surface area contributed by atoms with E-state index in [1.165, 1.54) is 28.1 Å². The molecular weight excluding hydrogens is 439 g/mol. The van der Waals surface area contributed by atoms with Gasteiger partial charge < -0.3 is 19.8 Å². The van der Waals surface area contributed by atoms with Crippen LogP contribution in [0.1, 0.15) is 59.6 Å². The molecule has 1 fully saturated rings. The van der Waals surface area contributed by atoms with E-state index in [2.05, 4.69) is 10.4 Å². The largest absolute Gasteiger partial charge is 0.444 e. The number of pyridine rings is 1. The van der Waals surface area contributed by atoms with Gasteiger partial charge >= 0.3 is 12.3 Å². The third-order valence-electron chi connectivity index (χ3n) is 5.06. The quantitative estimate of drug-likeness (QED) is 0.453. The third kappa shape index (κ3) is 8.31. The highest BCUT2D eigenvalue weighted by atomic mass is 19.4. The zero-order chi connectivity index (χ0) is 25.0. The Bertz CT molecular complexity index is 775. The summed E-state index contributed by atoms with van der Waals surface area (Å²) >= 11 is 0. The van der Waals surface area contributed by atoms with Crippen LogP contribution in [0.4, 0.5) is 23.8 Å². The molecule has 1 amide bonds. The van der Waals surface area contributed by atoms with Gasteiger partial charge in [0, 0.05) is 31.9 Å². The molecule has 2 heterocycles. The van der Waals surface area contributed by atoms with Crippen LogP contribution in [0.15, 0.2) is 18.3 Å². The number of amides is 1. The van der Waals surface area contributed by atoms with Gasteiger partial charge in [-0.05, 0) is 59.6 Å². The number of halogens is 3. The number of nitrogens with zero attached hydrogens (tertiary/aromatic N) is 3. The molecule has 1 aliphatic rings. The van der Waals surface area contributed by atoms with Crippen molar-refractivity contribution < 1.29 is 27.4 Å². The second-order valence-corrected chi connectivity index (χ2v) is 10.1. The Labute approximate surface area is 193 Å². The number of nitrogen functional groups attached to an aromatic ring is 1. The summed E-state index contributed by atoms with van der Waals surface area (Å²) in [6.07, 6.45) is -3.52. The van der Waals surface area contributed by atoms with Gasteiger partial charge in [0.15, 0.2) is 0 Å². The first kappa shape index (κ1) is 27.1. The Morgan fingerprint density at radius 3 is 2.39 bits per heavy atom. The fourth-order valence-electron chi connectivity index (χ4n) is 3.71. The molecule has 188 valence electrons. The summed E-state index contributed by atoms with van der Waals surface area (Å²) in [5.41, 5.74) is 1.20. The highest BCUT2D eigenvalue weighted by molar-refractivity contribution is 5.68. The van der Waals surface area contributed by atoms with Gasteiger partial charge in [-0.25, -0.2) is 15.6 Å². The van der Waals surface area contributed by atoms with Gasteiger partial charge in [-0.15, -0.1) is 0 Å². The number of rotatable bonds is 7. The van der Waals surface area contributed by atoms with Crippen LogP contribution in [0.5, 0.6) is 0 Å². The average Bonchev–Trinajstić information content (AvgIpc) is 3.11. The number of aromatic nitrogens is 1. The monoisotopic (exact) mass is 475 g/mol. The molecule has 0 spiro atoms. The van der Waals surface area contributed by atoms with Gasteiger partial charge in [0.25, 0.3) is 0 Å². The molecular formula is C22H36F3N5O3. The summed E-state index contributed by atoms with van der Waals surface area (Å²) in [7, 11) is 0. The fourth-order valence-corrected chi connectivity index (χ4v) is 3.71. The predicted octanol–water partition coefficient (Wildman–Crippen LogP) is 4.10. The van der Waals surface area contributed by atoms with Gasteiger partial charge in [-0.2, -0.15) is 13.2 Å². The number of hydrazine groups is 1. The van der Waals surface area contributed by atoms with Crippen LogP contribution in [-0.2, 0) is 9.47 Å². The Morgan fingerprint density at radius 2 is 1.91 bits per heavy atom. The van der Waals surface area contributed by atoms with Crippen molar-refractivity contribution in [2.45, 2.75) is 77.4 Å². The third-order valence-corrected chi connectivity index (χ3v) is 5.06. The Hall–Kier alpha value is -2.11. The summed E-state index contributed by atoms with van der Waals surface area (Å²) in [5, 5.41) is 0. The smallest absolute Gasteiger partial charge is 0.410 e. The molecule has 1 unspecified atom stereocenters. The molecule has 8 nitrogen and oxygen atoms in total. The molecule has 3 N–H and O–H groups in total. The molecule has 0 aliphatic carbocycles. The van der Waals surface area contributed by atoms with E-state index in [9.17, 15) is 18.0 Å². The Morgan fingerprint density at radius 1 is 1.24 bits per heavy atom. The van der Waals surface area contributed by atoms with E-state index in [0.717, 1.165) is 0 Å². The first-order chi connectivity index (χ1) is 15.1. The SMILES string of the molecule is CC(C)(C)OCCN(C(=O)OC(C)(C)C)C1CCN([C@H](c2ccc(NN)nc2)C(F)(F)F)C1.